The summed E-state index contributed by atoms with van der Waals surface area (Å²) in [5.74, 6) is 0.148. The highest BCUT2D eigenvalue weighted by Gasteiger charge is 2.33. The topological polar surface area (TPSA) is 75.9 Å². The third kappa shape index (κ3) is 3.49. The maximum atomic E-state index is 12.5. The van der Waals surface area contributed by atoms with Gasteiger partial charge in [-0.1, -0.05) is 12.8 Å². The maximum Gasteiger partial charge on any atom is 0.248 e. The van der Waals surface area contributed by atoms with Crippen molar-refractivity contribution in [3.05, 3.63) is 0 Å². The summed E-state index contributed by atoms with van der Waals surface area (Å²) in [6.45, 7) is 2.52. The second-order valence-corrected chi connectivity index (χ2v) is 5.69. The highest BCUT2D eigenvalue weighted by molar-refractivity contribution is 5.81. The summed E-state index contributed by atoms with van der Waals surface area (Å²) in [6.07, 6.45) is 4.08. The Hall–Kier alpha value is -1.14. The Bertz CT molecular complexity index is 354. The molecule has 2 aliphatic rings. The quantitative estimate of drug-likeness (QED) is 0.779. The van der Waals surface area contributed by atoms with E-state index in [2.05, 4.69) is 0 Å². The lowest BCUT2D eigenvalue weighted by Gasteiger charge is -2.38. The highest BCUT2D eigenvalue weighted by Crippen LogP contribution is 2.25. The molecule has 2 fully saturated rings. The van der Waals surface area contributed by atoms with Crippen molar-refractivity contribution in [3.8, 4) is 0 Å². The number of amides is 2. The molecule has 0 aromatic rings. The SMILES string of the molecule is COCC(=O)N1CCN(C(=O)C2CCCCC2N)CC1. The van der Waals surface area contributed by atoms with E-state index in [1.165, 1.54) is 7.11 Å². The summed E-state index contributed by atoms with van der Waals surface area (Å²) < 4.78 is 4.85. The monoisotopic (exact) mass is 283 g/mol. The van der Waals surface area contributed by atoms with Crippen LogP contribution in [0.3, 0.4) is 0 Å². The van der Waals surface area contributed by atoms with Crippen LogP contribution in [-0.2, 0) is 14.3 Å². The molecule has 0 spiro atoms. The molecule has 6 nitrogen and oxygen atoms in total. The van der Waals surface area contributed by atoms with Gasteiger partial charge >= 0.3 is 0 Å². The van der Waals surface area contributed by atoms with Crippen molar-refractivity contribution in [2.24, 2.45) is 11.7 Å². The standard InChI is InChI=1S/C14H25N3O3/c1-20-10-13(18)16-6-8-17(9-7-16)14(19)11-4-2-3-5-12(11)15/h11-12H,2-10,15H2,1H3. The first-order valence-electron chi connectivity index (χ1n) is 7.44. The zero-order valence-corrected chi connectivity index (χ0v) is 12.2. The lowest BCUT2D eigenvalue weighted by atomic mass is 9.84. The first-order chi connectivity index (χ1) is 9.63. The van der Waals surface area contributed by atoms with Crippen molar-refractivity contribution >= 4 is 11.8 Å². The molecule has 1 aliphatic carbocycles. The minimum atomic E-state index is -0.0232. The molecule has 114 valence electrons. The Morgan fingerprint density at radius 2 is 1.70 bits per heavy atom. The summed E-state index contributed by atoms with van der Waals surface area (Å²) in [5, 5.41) is 0. The van der Waals surface area contributed by atoms with E-state index in [1.54, 1.807) is 4.90 Å². The van der Waals surface area contributed by atoms with Crippen LogP contribution in [0.4, 0.5) is 0 Å². The van der Waals surface area contributed by atoms with Gasteiger partial charge in [0.25, 0.3) is 0 Å². The fourth-order valence-corrected chi connectivity index (χ4v) is 3.09. The van der Waals surface area contributed by atoms with Gasteiger partial charge in [-0.15, -0.1) is 0 Å². The van der Waals surface area contributed by atoms with Crippen LogP contribution in [0.1, 0.15) is 25.7 Å². The largest absolute Gasteiger partial charge is 0.375 e. The van der Waals surface area contributed by atoms with Crippen LogP contribution in [0, 0.1) is 5.92 Å². The number of carbonyl (C=O) groups is 2. The number of hydrogen-bond donors (Lipinski definition) is 1. The van der Waals surface area contributed by atoms with Crippen LogP contribution in [0.2, 0.25) is 0 Å². The molecule has 2 unspecified atom stereocenters. The summed E-state index contributed by atoms with van der Waals surface area (Å²) in [7, 11) is 1.52. The van der Waals surface area contributed by atoms with E-state index in [0.29, 0.717) is 26.2 Å². The Morgan fingerprint density at radius 3 is 2.30 bits per heavy atom. The molecular formula is C14H25N3O3. The van der Waals surface area contributed by atoms with Gasteiger partial charge in [0.2, 0.25) is 11.8 Å². The maximum absolute atomic E-state index is 12.5. The normalized spacial score (nSPS) is 27.5. The Kier molecular flexibility index (Phi) is 5.37. The van der Waals surface area contributed by atoms with E-state index in [-0.39, 0.29) is 30.4 Å². The summed E-state index contributed by atoms with van der Waals surface area (Å²) in [6, 6.07) is 0.00408. The van der Waals surface area contributed by atoms with Gasteiger partial charge in [0.05, 0.1) is 5.92 Å². The van der Waals surface area contributed by atoms with Crippen molar-refractivity contribution in [1.29, 1.82) is 0 Å². The minimum Gasteiger partial charge on any atom is -0.375 e. The van der Waals surface area contributed by atoms with Crippen LogP contribution >= 0.6 is 0 Å². The predicted octanol–water partition coefficient (Wildman–Crippen LogP) is -0.179. The molecule has 0 bridgehead atoms. The smallest absolute Gasteiger partial charge is 0.248 e. The Morgan fingerprint density at radius 1 is 1.10 bits per heavy atom. The van der Waals surface area contributed by atoms with E-state index < -0.39 is 0 Å². The van der Waals surface area contributed by atoms with Crippen molar-refractivity contribution in [2.45, 2.75) is 31.7 Å². The summed E-state index contributed by atoms with van der Waals surface area (Å²) >= 11 is 0. The van der Waals surface area contributed by atoms with Gasteiger partial charge in [-0.05, 0) is 12.8 Å². The third-order valence-corrected chi connectivity index (χ3v) is 4.35. The lowest BCUT2D eigenvalue weighted by Crippen LogP contribution is -2.54. The second-order valence-electron chi connectivity index (χ2n) is 5.69. The fourth-order valence-electron chi connectivity index (χ4n) is 3.09. The zero-order valence-electron chi connectivity index (χ0n) is 12.2. The molecular weight excluding hydrogens is 258 g/mol. The summed E-state index contributed by atoms with van der Waals surface area (Å²) in [5.41, 5.74) is 6.07. The van der Waals surface area contributed by atoms with Crippen molar-refractivity contribution in [1.82, 2.24) is 9.80 Å². The average molecular weight is 283 g/mol. The van der Waals surface area contributed by atoms with E-state index in [9.17, 15) is 9.59 Å². The molecule has 6 heteroatoms. The van der Waals surface area contributed by atoms with Gasteiger partial charge in [-0.25, -0.2) is 0 Å². The van der Waals surface area contributed by atoms with Gasteiger partial charge in [-0.3, -0.25) is 9.59 Å². The van der Waals surface area contributed by atoms with Crippen LogP contribution in [0.5, 0.6) is 0 Å². The number of hydrogen-bond acceptors (Lipinski definition) is 4. The van der Waals surface area contributed by atoms with Crippen LogP contribution in [0.25, 0.3) is 0 Å². The number of nitrogens with zero attached hydrogens (tertiary/aromatic N) is 2. The molecule has 20 heavy (non-hydrogen) atoms. The van der Waals surface area contributed by atoms with Gasteiger partial charge in [0.1, 0.15) is 6.61 Å². The minimum absolute atomic E-state index is 0.00408. The van der Waals surface area contributed by atoms with Gasteiger partial charge in [0.15, 0.2) is 0 Å². The number of methoxy groups -OCH3 is 1. The van der Waals surface area contributed by atoms with E-state index in [1.807, 2.05) is 4.90 Å². The molecule has 0 aromatic carbocycles. The molecule has 1 saturated heterocycles. The fraction of sp³-hybridized carbons (Fsp3) is 0.857. The van der Waals surface area contributed by atoms with Crippen molar-refractivity contribution in [2.75, 3.05) is 39.9 Å². The first-order valence-corrected chi connectivity index (χ1v) is 7.44. The molecule has 2 amide bonds. The van der Waals surface area contributed by atoms with Crippen LogP contribution in [-0.4, -0.2) is 67.6 Å². The lowest BCUT2D eigenvalue weighted by molar-refractivity contribution is -0.144. The zero-order chi connectivity index (χ0) is 14.5. The highest BCUT2D eigenvalue weighted by atomic mass is 16.5. The number of nitrogens with two attached hydrogens (primary N) is 1. The number of ether oxygens (including phenoxy) is 1. The molecule has 0 radical (unpaired) electrons. The van der Waals surface area contributed by atoms with E-state index in [0.717, 1.165) is 25.7 Å². The molecule has 1 aliphatic heterocycles. The molecule has 2 atom stereocenters. The molecule has 1 heterocycles. The van der Waals surface area contributed by atoms with Crippen LogP contribution in [0.15, 0.2) is 0 Å². The Balaban J connectivity index is 1.83. The first kappa shape index (κ1) is 15.3. The molecule has 2 rings (SSSR count). The second kappa shape index (κ2) is 7.04. The van der Waals surface area contributed by atoms with Gasteiger partial charge < -0.3 is 20.3 Å². The van der Waals surface area contributed by atoms with Gasteiger partial charge in [0, 0.05) is 39.3 Å². The number of rotatable bonds is 3. The van der Waals surface area contributed by atoms with E-state index >= 15 is 0 Å². The van der Waals surface area contributed by atoms with E-state index in [4.69, 9.17) is 10.5 Å². The molecule has 2 N–H and O–H groups in total. The summed E-state index contributed by atoms with van der Waals surface area (Å²) in [4.78, 5) is 27.8. The van der Waals surface area contributed by atoms with Gasteiger partial charge in [-0.2, -0.15) is 0 Å². The molecule has 1 saturated carbocycles. The molecule has 0 aromatic heterocycles. The predicted molar refractivity (Wildman–Crippen MR) is 75.0 cm³/mol. The number of carbonyl (C=O) groups excluding carboxylic acids is 2. The Labute approximate surface area is 120 Å². The number of piperazine rings is 1. The van der Waals surface area contributed by atoms with Crippen molar-refractivity contribution in [3.63, 3.8) is 0 Å². The van der Waals surface area contributed by atoms with Crippen LogP contribution < -0.4 is 5.73 Å². The van der Waals surface area contributed by atoms with Crippen molar-refractivity contribution < 1.29 is 14.3 Å². The third-order valence-electron chi connectivity index (χ3n) is 4.35. The average Bonchev–Trinajstić information content (AvgIpc) is 2.47.